The predicted octanol–water partition coefficient (Wildman–Crippen LogP) is 4.25. The molecule has 1 unspecified atom stereocenters. The Bertz CT molecular complexity index is 731. The molecule has 0 spiro atoms. The predicted molar refractivity (Wildman–Crippen MR) is 112 cm³/mol. The molecule has 0 bridgehead atoms. The number of hydrogen-bond acceptors (Lipinski definition) is 2. The van der Waals surface area contributed by atoms with Crippen LogP contribution >= 0.6 is 7.92 Å². The van der Waals surface area contributed by atoms with Gasteiger partial charge in [-0.25, -0.2) is 9.67 Å². The number of nitrogens with zero attached hydrogens (tertiary/aromatic N) is 3. The van der Waals surface area contributed by atoms with E-state index in [9.17, 15) is 0 Å². The second-order valence-electron chi connectivity index (χ2n) is 6.67. The minimum absolute atomic E-state index is 0.666. The third kappa shape index (κ3) is 4.59. The van der Waals surface area contributed by atoms with Crippen molar-refractivity contribution in [3.05, 3.63) is 67.0 Å². The Labute approximate surface area is 158 Å². The summed E-state index contributed by atoms with van der Waals surface area (Å²) in [5, 5.41) is 7.25. The normalized spacial score (nSPS) is 12.4. The molecule has 0 radical (unpaired) electrons. The van der Waals surface area contributed by atoms with Crippen LogP contribution in [0.25, 0.3) is 0 Å². The lowest BCUT2D eigenvalue weighted by atomic mass is 10.00. The number of hydrogen-bond donors (Lipinski definition) is 0. The molecule has 3 rings (SSSR count). The number of unbranched alkanes of at least 4 members (excludes halogenated alkanes) is 1. The van der Waals surface area contributed by atoms with Gasteiger partial charge in [-0.3, -0.25) is 0 Å². The maximum Gasteiger partial charge on any atom is 0.158 e. The van der Waals surface area contributed by atoms with Crippen LogP contribution in [0.1, 0.15) is 39.5 Å². The molecule has 0 aliphatic heterocycles. The lowest BCUT2D eigenvalue weighted by Gasteiger charge is -2.21. The third-order valence-electron chi connectivity index (χ3n) is 4.80. The van der Waals surface area contributed by atoms with Crippen molar-refractivity contribution in [1.29, 1.82) is 0 Å². The average molecular weight is 365 g/mol. The molecule has 26 heavy (non-hydrogen) atoms. The summed E-state index contributed by atoms with van der Waals surface area (Å²) in [5.74, 6) is 0.666. The second-order valence-corrected chi connectivity index (χ2v) is 8.77. The van der Waals surface area contributed by atoms with Crippen LogP contribution in [0.2, 0.25) is 0 Å². The van der Waals surface area contributed by atoms with Gasteiger partial charge in [0.05, 0.1) is 0 Å². The van der Waals surface area contributed by atoms with Gasteiger partial charge >= 0.3 is 0 Å². The summed E-state index contributed by atoms with van der Waals surface area (Å²) in [6.45, 7) is 5.51. The number of aromatic nitrogens is 3. The van der Waals surface area contributed by atoms with E-state index in [1.165, 1.54) is 36.3 Å². The van der Waals surface area contributed by atoms with Crippen LogP contribution in [-0.2, 0) is 6.54 Å². The first-order valence-corrected chi connectivity index (χ1v) is 11.0. The highest BCUT2D eigenvalue weighted by Crippen LogP contribution is 2.31. The first kappa shape index (κ1) is 18.8. The molecular weight excluding hydrogens is 337 g/mol. The summed E-state index contributed by atoms with van der Waals surface area (Å²) in [4.78, 5) is 4.72. The Kier molecular flexibility index (Phi) is 6.96. The zero-order chi connectivity index (χ0) is 18.2. The van der Waals surface area contributed by atoms with Crippen LogP contribution < -0.4 is 16.2 Å². The molecular formula is C22H28N3P. The van der Waals surface area contributed by atoms with E-state index in [0.717, 1.165) is 12.1 Å². The monoisotopic (exact) mass is 365 g/mol. The highest BCUT2D eigenvalue weighted by Gasteiger charge is 2.23. The highest BCUT2D eigenvalue weighted by atomic mass is 31.1. The van der Waals surface area contributed by atoms with Crippen LogP contribution in [0.4, 0.5) is 0 Å². The molecule has 1 aromatic heterocycles. The van der Waals surface area contributed by atoms with Crippen LogP contribution in [-0.4, -0.2) is 14.8 Å². The van der Waals surface area contributed by atoms with E-state index in [1.54, 1.807) is 6.33 Å². The standard InChI is InChI=1S/C22H28N3P/c1-3-5-12-19(4-2)17-25-22(23-18-24-25)26(20-13-8-6-9-14-20)21-15-10-7-11-16-21/h6-11,13-16,18-19H,3-5,12,17H2,1-2H3. The maximum absolute atomic E-state index is 4.72. The Balaban J connectivity index is 1.95. The van der Waals surface area contributed by atoms with Gasteiger partial charge in [-0.1, -0.05) is 93.8 Å². The van der Waals surface area contributed by atoms with Gasteiger partial charge < -0.3 is 0 Å². The molecule has 3 nitrogen and oxygen atoms in total. The van der Waals surface area contributed by atoms with Crippen molar-refractivity contribution in [1.82, 2.24) is 14.8 Å². The minimum atomic E-state index is -0.689. The van der Waals surface area contributed by atoms with Crippen molar-refractivity contribution in [3.63, 3.8) is 0 Å². The van der Waals surface area contributed by atoms with E-state index >= 15 is 0 Å². The molecule has 1 heterocycles. The smallest absolute Gasteiger partial charge is 0.158 e. The van der Waals surface area contributed by atoms with Crippen molar-refractivity contribution in [2.24, 2.45) is 5.92 Å². The van der Waals surface area contributed by atoms with Crippen LogP contribution in [0, 0.1) is 5.92 Å². The second kappa shape index (κ2) is 9.64. The van der Waals surface area contributed by atoms with Gasteiger partial charge in [-0.2, -0.15) is 5.10 Å². The van der Waals surface area contributed by atoms with Crippen LogP contribution in [0.3, 0.4) is 0 Å². The van der Waals surface area contributed by atoms with Gasteiger partial charge in [0.15, 0.2) is 5.57 Å². The zero-order valence-electron chi connectivity index (χ0n) is 15.8. The fraction of sp³-hybridized carbons (Fsp3) is 0.364. The molecule has 0 aliphatic carbocycles. The highest BCUT2D eigenvalue weighted by molar-refractivity contribution is 7.79. The van der Waals surface area contributed by atoms with E-state index < -0.39 is 7.92 Å². The van der Waals surface area contributed by atoms with Crippen molar-refractivity contribution >= 4 is 24.1 Å². The summed E-state index contributed by atoms with van der Waals surface area (Å²) in [5.41, 5.74) is 1.10. The van der Waals surface area contributed by atoms with Crippen LogP contribution in [0.15, 0.2) is 67.0 Å². The molecule has 0 fully saturated rings. The SMILES string of the molecule is CCCCC(CC)Cn1ncnc1P(c1ccccc1)c1ccccc1. The maximum atomic E-state index is 4.72. The zero-order valence-corrected chi connectivity index (χ0v) is 16.6. The first-order valence-electron chi connectivity index (χ1n) is 9.61. The molecule has 136 valence electrons. The summed E-state index contributed by atoms with van der Waals surface area (Å²) in [7, 11) is -0.689. The van der Waals surface area contributed by atoms with Gasteiger partial charge in [0.2, 0.25) is 0 Å². The van der Waals surface area contributed by atoms with Crippen molar-refractivity contribution in [2.75, 3.05) is 0 Å². The summed E-state index contributed by atoms with van der Waals surface area (Å²) in [6.07, 6.45) is 6.72. The summed E-state index contributed by atoms with van der Waals surface area (Å²) in [6, 6.07) is 21.5. The fourth-order valence-electron chi connectivity index (χ4n) is 3.26. The van der Waals surface area contributed by atoms with Gasteiger partial charge in [0.1, 0.15) is 6.33 Å². The van der Waals surface area contributed by atoms with Gasteiger partial charge in [0.25, 0.3) is 0 Å². The van der Waals surface area contributed by atoms with Crippen molar-refractivity contribution < 1.29 is 0 Å². The quantitative estimate of drug-likeness (QED) is 0.531. The molecule has 0 N–H and O–H groups in total. The largest absolute Gasteiger partial charge is 0.245 e. The van der Waals surface area contributed by atoms with Crippen molar-refractivity contribution in [2.45, 2.75) is 46.1 Å². The molecule has 2 aromatic carbocycles. The lowest BCUT2D eigenvalue weighted by molar-refractivity contribution is 0.376. The molecule has 0 amide bonds. The molecule has 4 heteroatoms. The first-order chi connectivity index (χ1) is 12.8. The molecule has 0 saturated carbocycles. The lowest BCUT2D eigenvalue weighted by Crippen LogP contribution is -2.30. The Morgan fingerprint density at radius 2 is 1.54 bits per heavy atom. The molecule has 0 saturated heterocycles. The van der Waals surface area contributed by atoms with E-state index in [0.29, 0.717) is 5.92 Å². The molecule has 3 aromatic rings. The average Bonchev–Trinajstić information content (AvgIpc) is 3.14. The summed E-state index contributed by atoms with van der Waals surface area (Å²) >= 11 is 0. The summed E-state index contributed by atoms with van der Waals surface area (Å²) < 4.78 is 2.16. The molecule has 1 atom stereocenters. The van der Waals surface area contributed by atoms with E-state index in [4.69, 9.17) is 4.98 Å². The minimum Gasteiger partial charge on any atom is -0.245 e. The van der Waals surface area contributed by atoms with E-state index in [1.807, 2.05) is 0 Å². The Morgan fingerprint density at radius 3 is 2.08 bits per heavy atom. The Morgan fingerprint density at radius 1 is 0.923 bits per heavy atom. The van der Waals surface area contributed by atoms with E-state index in [2.05, 4.69) is 84.3 Å². The Hall–Kier alpha value is -1.99. The third-order valence-corrected chi connectivity index (χ3v) is 7.17. The van der Waals surface area contributed by atoms with Gasteiger partial charge in [-0.05, 0) is 22.9 Å². The fourth-order valence-corrected chi connectivity index (χ4v) is 5.49. The van der Waals surface area contributed by atoms with Crippen LogP contribution in [0.5, 0.6) is 0 Å². The van der Waals surface area contributed by atoms with E-state index in [-0.39, 0.29) is 0 Å². The molecule has 0 aliphatic rings. The van der Waals surface area contributed by atoms with Crippen molar-refractivity contribution in [3.8, 4) is 0 Å². The topological polar surface area (TPSA) is 30.7 Å². The van der Waals surface area contributed by atoms with Gasteiger partial charge in [-0.15, -0.1) is 0 Å². The number of rotatable bonds is 9. The van der Waals surface area contributed by atoms with Gasteiger partial charge in [0, 0.05) is 14.5 Å². The number of benzene rings is 2.